The van der Waals surface area contributed by atoms with E-state index in [1.165, 1.54) is 7.05 Å². The van der Waals surface area contributed by atoms with Crippen molar-refractivity contribution in [2.24, 2.45) is 5.92 Å². The highest BCUT2D eigenvalue weighted by molar-refractivity contribution is 6.34. The van der Waals surface area contributed by atoms with Gasteiger partial charge in [0.15, 0.2) is 0 Å². The summed E-state index contributed by atoms with van der Waals surface area (Å²) in [5, 5.41) is 8.93. The molecule has 2 rings (SSSR count). The molecule has 1 fully saturated rings. The van der Waals surface area contributed by atoms with E-state index in [1.807, 2.05) is 0 Å². The minimum Gasteiger partial charge on any atom is -0.355 e. The van der Waals surface area contributed by atoms with Crippen LogP contribution in [0, 0.1) is 5.92 Å². The fraction of sp³-hybridized carbons (Fsp3) is 0.429. The Bertz CT molecular complexity index is 517. The van der Waals surface area contributed by atoms with Crippen molar-refractivity contribution in [2.45, 2.75) is 12.8 Å². The lowest BCUT2D eigenvalue weighted by atomic mass is 9.98. The molecule has 1 heterocycles. The van der Waals surface area contributed by atoms with E-state index in [9.17, 15) is 9.59 Å². The Morgan fingerprint density at radius 2 is 2.14 bits per heavy atom. The zero-order valence-electron chi connectivity index (χ0n) is 11.7. The maximum atomic E-state index is 12.1. The van der Waals surface area contributed by atoms with E-state index in [0.29, 0.717) is 22.8 Å². The molecule has 21 heavy (non-hydrogen) atoms. The van der Waals surface area contributed by atoms with Crippen molar-refractivity contribution >= 4 is 41.5 Å². The lowest BCUT2D eigenvalue weighted by Crippen LogP contribution is -2.37. The van der Waals surface area contributed by atoms with Crippen LogP contribution in [0.25, 0.3) is 0 Å². The molecule has 3 N–H and O–H groups in total. The number of hydrogen-bond acceptors (Lipinski definition) is 3. The Hall–Kier alpha value is -1.30. The topological polar surface area (TPSA) is 70.2 Å². The summed E-state index contributed by atoms with van der Waals surface area (Å²) in [6, 6.07) is 4.90. The SMILES string of the molecule is CNC(=O)c1cc(NC(=O)C2CCCNC2)ccc1Cl.Cl. The molecule has 1 aromatic rings. The van der Waals surface area contributed by atoms with Gasteiger partial charge in [-0.2, -0.15) is 0 Å². The van der Waals surface area contributed by atoms with Crippen LogP contribution in [0.5, 0.6) is 0 Å². The lowest BCUT2D eigenvalue weighted by Gasteiger charge is -2.22. The molecule has 1 saturated heterocycles. The van der Waals surface area contributed by atoms with Gasteiger partial charge in [-0.25, -0.2) is 0 Å². The van der Waals surface area contributed by atoms with Crippen molar-refractivity contribution in [1.82, 2.24) is 10.6 Å². The molecule has 0 aromatic heterocycles. The number of halogens is 2. The average Bonchev–Trinajstić information content (AvgIpc) is 2.49. The van der Waals surface area contributed by atoms with Gasteiger partial charge in [0.25, 0.3) is 5.91 Å². The van der Waals surface area contributed by atoms with Crippen molar-refractivity contribution in [3.8, 4) is 0 Å². The van der Waals surface area contributed by atoms with Gasteiger partial charge in [0.2, 0.25) is 5.91 Å². The van der Waals surface area contributed by atoms with Crippen LogP contribution in [0.1, 0.15) is 23.2 Å². The molecular weight excluding hydrogens is 313 g/mol. The molecule has 116 valence electrons. The van der Waals surface area contributed by atoms with Gasteiger partial charge < -0.3 is 16.0 Å². The molecule has 5 nitrogen and oxygen atoms in total. The normalized spacial score (nSPS) is 17.5. The molecule has 7 heteroatoms. The second-order valence-electron chi connectivity index (χ2n) is 4.81. The molecule has 1 aliphatic heterocycles. The molecule has 0 bridgehead atoms. The second kappa shape index (κ2) is 8.22. The summed E-state index contributed by atoms with van der Waals surface area (Å²) >= 11 is 5.97. The van der Waals surface area contributed by atoms with E-state index in [2.05, 4.69) is 16.0 Å². The van der Waals surface area contributed by atoms with E-state index in [4.69, 9.17) is 11.6 Å². The number of rotatable bonds is 3. The third-order valence-corrected chi connectivity index (χ3v) is 3.70. The van der Waals surface area contributed by atoms with Crippen LogP contribution in [0.3, 0.4) is 0 Å². The van der Waals surface area contributed by atoms with Crippen LogP contribution in [-0.4, -0.2) is 32.0 Å². The monoisotopic (exact) mass is 331 g/mol. The van der Waals surface area contributed by atoms with Gasteiger partial charge in [-0.05, 0) is 37.6 Å². The minimum atomic E-state index is -0.273. The standard InChI is InChI=1S/C14H18ClN3O2.ClH/c1-16-14(20)11-7-10(4-5-12(11)15)18-13(19)9-3-2-6-17-8-9;/h4-5,7,9,17H,2-3,6,8H2,1H3,(H,16,20)(H,18,19);1H. The maximum absolute atomic E-state index is 12.1. The highest BCUT2D eigenvalue weighted by Crippen LogP contribution is 2.21. The van der Waals surface area contributed by atoms with Crippen LogP contribution < -0.4 is 16.0 Å². The Labute approximate surface area is 135 Å². The fourth-order valence-corrected chi connectivity index (χ4v) is 2.44. The van der Waals surface area contributed by atoms with Gasteiger partial charge >= 0.3 is 0 Å². The first-order chi connectivity index (χ1) is 9.61. The van der Waals surface area contributed by atoms with E-state index in [0.717, 1.165) is 19.4 Å². The molecule has 0 aliphatic carbocycles. The summed E-state index contributed by atoms with van der Waals surface area (Å²) in [4.78, 5) is 23.8. The maximum Gasteiger partial charge on any atom is 0.252 e. The Balaban J connectivity index is 0.00000220. The molecule has 0 spiro atoms. The molecule has 1 atom stereocenters. The van der Waals surface area contributed by atoms with Crippen LogP contribution in [0.4, 0.5) is 5.69 Å². The molecule has 0 radical (unpaired) electrons. The molecule has 1 aromatic carbocycles. The number of piperidine rings is 1. The predicted molar refractivity (Wildman–Crippen MR) is 86.3 cm³/mol. The van der Waals surface area contributed by atoms with Crippen LogP contribution in [0.2, 0.25) is 5.02 Å². The Kier molecular flexibility index (Phi) is 6.95. The van der Waals surface area contributed by atoms with Crippen molar-refractivity contribution in [3.05, 3.63) is 28.8 Å². The van der Waals surface area contributed by atoms with Crippen LogP contribution in [0.15, 0.2) is 18.2 Å². The number of benzene rings is 1. The third-order valence-electron chi connectivity index (χ3n) is 3.37. The molecule has 1 aliphatic rings. The zero-order valence-corrected chi connectivity index (χ0v) is 13.3. The van der Waals surface area contributed by atoms with E-state index in [-0.39, 0.29) is 30.1 Å². The lowest BCUT2D eigenvalue weighted by molar-refractivity contribution is -0.120. The number of hydrogen-bond donors (Lipinski definition) is 3. The quantitative estimate of drug-likeness (QED) is 0.794. The largest absolute Gasteiger partial charge is 0.355 e. The smallest absolute Gasteiger partial charge is 0.252 e. The number of amides is 2. The predicted octanol–water partition coefficient (Wildman–Crippen LogP) is 2.06. The zero-order chi connectivity index (χ0) is 14.5. The first kappa shape index (κ1) is 17.8. The Morgan fingerprint density at radius 1 is 1.38 bits per heavy atom. The average molecular weight is 332 g/mol. The summed E-state index contributed by atoms with van der Waals surface area (Å²) in [7, 11) is 1.54. The van der Waals surface area contributed by atoms with E-state index in [1.54, 1.807) is 18.2 Å². The first-order valence-corrected chi connectivity index (χ1v) is 7.03. The molecule has 1 unspecified atom stereocenters. The highest BCUT2D eigenvalue weighted by atomic mass is 35.5. The number of nitrogens with one attached hydrogen (secondary N) is 3. The van der Waals surface area contributed by atoms with Gasteiger partial charge in [0, 0.05) is 19.3 Å². The molecule has 2 amide bonds. The van der Waals surface area contributed by atoms with Crippen LogP contribution >= 0.6 is 24.0 Å². The van der Waals surface area contributed by atoms with E-state index >= 15 is 0 Å². The summed E-state index contributed by atoms with van der Waals surface area (Å²) in [6.45, 7) is 1.66. The first-order valence-electron chi connectivity index (χ1n) is 6.65. The van der Waals surface area contributed by atoms with Crippen LogP contribution in [-0.2, 0) is 4.79 Å². The number of carbonyl (C=O) groups is 2. The van der Waals surface area contributed by atoms with Gasteiger partial charge in [-0.15, -0.1) is 12.4 Å². The molecular formula is C14H19Cl2N3O2. The molecule has 0 saturated carbocycles. The van der Waals surface area contributed by atoms with Gasteiger partial charge in [0.05, 0.1) is 16.5 Å². The highest BCUT2D eigenvalue weighted by Gasteiger charge is 2.21. The van der Waals surface area contributed by atoms with Crippen molar-refractivity contribution in [1.29, 1.82) is 0 Å². The van der Waals surface area contributed by atoms with Crippen molar-refractivity contribution < 1.29 is 9.59 Å². The number of carbonyl (C=O) groups excluding carboxylic acids is 2. The van der Waals surface area contributed by atoms with Gasteiger partial charge in [-0.1, -0.05) is 11.6 Å². The summed E-state index contributed by atoms with van der Waals surface area (Å²) < 4.78 is 0. The summed E-state index contributed by atoms with van der Waals surface area (Å²) in [5.74, 6) is -0.323. The van der Waals surface area contributed by atoms with Gasteiger partial charge in [-0.3, -0.25) is 9.59 Å². The second-order valence-corrected chi connectivity index (χ2v) is 5.21. The van der Waals surface area contributed by atoms with E-state index < -0.39 is 0 Å². The minimum absolute atomic E-state index is 0. The van der Waals surface area contributed by atoms with Gasteiger partial charge in [0.1, 0.15) is 0 Å². The summed E-state index contributed by atoms with van der Waals surface area (Å²) in [5.41, 5.74) is 0.942. The van der Waals surface area contributed by atoms with Crippen molar-refractivity contribution in [3.63, 3.8) is 0 Å². The third kappa shape index (κ3) is 4.59. The fourth-order valence-electron chi connectivity index (χ4n) is 2.23. The summed E-state index contributed by atoms with van der Waals surface area (Å²) in [6.07, 6.45) is 1.89. The van der Waals surface area contributed by atoms with Crippen molar-refractivity contribution in [2.75, 3.05) is 25.5 Å². The Morgan fingerprint density at radius 3 is 2.76 bits per heavy atom. The number of anilines is 1.